The number of carbonyl (C=O) groups excluding carboxylic acids is 2. The minimum Gasteiger partial charge on any atom is -0.474 e. The maximum absolute atomic E-state index is 12.6. The quantitative estimate of drug-likeness (QED) is 0.607. The van der Waals surface area contributed by atoms with Gasteiger partial charge >= 0.3 is 0 Å². The molecule has 2 aromatic heterocycles. The number of anilines is 1. The van der Waals surface area contributed by atoms with E-state index in [1.807, 2.05) is 35.2 Å². The Hall–Kier alpha value is -3.75. The number of hydrogen-bond acceptors (Lipinski definition) is 7. The maximum atomic E-state index is 12.6. The first-order valence-corrected chi connectivity index (χ1v) is 10.6. The van der Waals surface area contributed by atoms with Crippen LogP contribution in [0.15, 0.2) is 53.2 Å². The van der Waals surface area contributed by atoms with Crippen LogP contribution < -0.4 is 10.1 Å². The Bertz CT molecular complexity index is 1040. The third kappa shape index (κ3) is 5.69. The van der Waals surface area contributed by atoms with E-state index in [0.29, 0.717) is 49.2 Å². The molecule has 4 rings (SSSR count). The van der Waals surface area contributed by atoms with Crippen molar-refractivity contribution in [2.75, 3.05) is 18.4 Å². The number of amides is 2. The first-order chi connectivity index (χ1) is 15.6. The van der Waals surface area contributed by atoms with Crippen LogP contribution in [0.5, 0.6) is 5.88 Å². The van der Waals surface area contributed by atoms with Gasteiger partial charge in [0.2, 0.25) is 29.4 Å². The number of nitrogens with one attached hydrogen (secondary N) is 1. The summed E-state index contributed by atoms with van der Waals surface area (Å²) in [6.45, 7) is 2.71. The molecule has 0 aliphatic carbocycles. The van der Waals surface area contributed by atoms with Crippen molar-refractivity contribution in [3.8, 4) is 17.3 Å². The first-order valence-electron chi connectivity index (χ1n) is 10.6. The molecule has 0 spiro atoms. The predicted molar refractivity (Wildman–Crippen MR) is 117 cm³/mol. The van der Waals surface area contributed by atoms with Crippen LogP contribution in [0.2, 0.25) is 0 Å². The fourth-order valence-corrected chi connectivity index (χ4v) is 3.55. The van der Waals surface area contributed by atoms with E-state index in [9.17, 15) is 9.59 Å². The molecular formula is C23H25N5O4. The minimum atomic E-state index is -0.145. The average molecular weight is 435 g/mol. The van der Waals surface area contributed by atoms with Crippen LogP contribution in [0.1, 0.15) is 32.1 Å². The zero-order valence-electron chi connectivity index (χ0n) is 17.9. The van der Waals surface area contributed by atoms with Gasteiger partial charge in [0.15, 0.2) is 0 Å². The Morgan fingerprint density at radius 2 is 1.94 bits per heavy atom. The van der Waals surface area contributed by atoms with Crippen molar-refractivity contribution in [3.05, 3.63) is 54.6 Å². The summed E-state index contributed by atoms with van der Waals surface area (Å²) in [6.07, 6.45) is 3.78. The molecule has 32 heavy (non-hydrogen) atoms. The number of carbonyl (C=O) groups is 2. The fraction of sp³-hybridized carbons (Fsp3) is 0.348. The first kappa shape index (κ1) is 21.5. The molecule has 1 N–H and O–H groups in total. The molecule has 1 saturated heterocycles. The maximum Gasteiger partial charge on any atom is 0.227 e. The summed E-state index contributed by atoms with van der Waals surface area (Å²) in [5.41, 5.74) is 1.51. The minimum absolute atomic E-state index is 0.00235. The van der Waals surface area contributed by atoms with Crippen LogP contribution in [0.25, 0.3) is 11.4 Å². The van der Waals surface area contributed by atoms with Crippen molar-refractivity contribution in [3.63, 3.8) is 0 Å². The second-order valence-corrected chi connectivity index (χ2v) is 7.64. The van der Waals surface area contributed by atoms with Crippen LogP contribution in [0.3, 0.4) is 0 Å². The summed E-state index contributed by atoms with van der Waals surface area (Å²) in [6, 6.07) is 13.1. The van der Waals surface area contributed by atoms with Gasteiger partial charge in [0.1, 0.15) is 6.10 Å². The Morgan fingerprint density at radius 1 is 1.16 bits per heavy atom. The number of rotatable bonds is 7. The number of aryl methyl sites for hydroxylation is 1. The number of benzene rings is 1. The monoisotopic (exact) mass is 435 g/mol. The van der Waals surface area contributed by atoms with Crippen LogP contribution in [-0.4, -0.2) is 51.0 Å². The molecule has 1 aliphatic heterocycles. The van der Waals surface area contributed by atoms with E-state index >= 15 is 0 Å². The molecule has 9 nitrogen and oxygen atoms in total. The topological polar surface area (TPSA) is 110 Å². The molecule has 1 fully saturated rings. The predicted octanol–water partition coefficient (Wildman–Crippen LogP) is 3.09. The molecule has 3 heterocycles. The second kappa shape index (κ2) is 10.0. The normalized spacial score (nSPS) is 14.2. The Morgan fingerprint density at radius 3 is 2.62 bits per heavy atom. The lowest BCUT2D eigenvalue weighted by Crippen LogP contribution is -2.41. The summed E-state index contributed by atoms with van der Waals surface area (Å²) in [7, 11) is 0. The molecule has 0 bridgehead atoms. The Labute approximate surface area is 185 Å². The number of aromatic nitrogens is 3. The summed E-state index contributed by atoms with van der Waals surface area (Å²) >= 11 is 0. The van der Waals surface area contributed by atoms with E-state index in [4.69, 9.17) is 9.26 Å². The molecule has 0 radical (unpaired) electrons. The van der Waals surface area contributed by atoms with Crippen molar-refractivity contribution in [1.29, 1.82) is 0 Å². The van der Waals surface area contributed by atoms with Gasteiger partial charge in [-0.2, -0.15) is 4.98 Å². The van der Waals surface area contributed by atoms with Crippen LogP contribution in [-0.2, 0) is 16.0 Å². The van der Waals surface area contributed by atoms with Gasteiger partial charge in [-0.3, -0.25) is 9.59 Å². The Balaban J connectivity index is 1.21. The molecule has 1 aliphatic rings. The molecular weight excluding hydrogens is 410 g/mol. The summed E-state index contributed by atoms with van der Waals surface area (Å²) in [5, 5.41) is 6.66. The van der Waals surface area contributed by atoms with Gasteiger partial charge in [0.25, 0.3) is 0 Å². The van der Waals surface area contributed by atoms with E-state index in [0.717, 1.165) is 18.4 Å². The van der Waals surface area contributed by atoms with Crippen LogP contribution in [0, 0.1) is 0 Å². The SMILES string of the molecule is CC(=O)Nc1ccc(OC2CCN(C(=O)CCc3nc(-c4ccccc4)no3)CC2)nc1. The van der Waals surface area contributed by atoms with Crippen LogP contribution in [0.4, 0.5) is 5.69 Å². The van der Waals surface area contributed by atoms with E-state index in [-0.39, 0.29) is 17.9 Å². The van der Waals surface area contributed by atoms with Crippen LogP contribution >= 0.6 is 0 Å². The zero-order chi connectivity index (χ0) is 22.3. The number of piperidine rings is 1. The highest BCUT2D eigenvalue weighted by Crippen LogP contribution is 2.20. The summed E-state index contributed by atoms with van der Waals surface area (Å²) in [4.78, 5) is 34.1. The van der Waals surface area contributed by atoms with Gasteiger partial charge in [0.05, 0.1) is 11.9 Å². The van der Waals surface area contributed by atoms with Crippen molar-refractivity contribution in [2.45, 2.75) is 38.7 Å². The molecule has 0 atom stereocenters. The summed E-state index contributed by atoms with van der Waals surface area (Å²) in [5.74, 6) is 1.43. The summed E-state index contributed by atoms with van der Waals surface area (Å²) < 4.78 is 11.2. The Kier molecular flexibility index (Phi) is 6.74. The van der Waals surface area contributed by atoms with E-state index in [2.05, 4.69) is 20.4 Å². The lowest BCUT2D eigenvalue weighted by atomic mass is 10.1. The number of likely N-dealkylation sites (tertiary alicyclic amines) is 1. The van der Waals surface area contributed by atoms with Gasteiger partial charge < -0.3 is 19.5 Å². The molecule has 166 valence electrons. The number of nitrogens with zero attached hydrogens (tertiary/aromatic N) is 4. The average Bonchev–Trinajstić information content (AvgIpc) is 3.29. The zero-order valence-corrected chi connectivity index (χ0v) is 17.9. The smallest absolute Gasteiger partial charge is 0.227 e. The van der Waals surface area contributed by atoms with Crippen molar-refractivity contribution < 1.29 is 18.8 Å². The molecule has 2 amide bonds. The van der Waals surface area contributed by atoms with E-state index in [1.165, 1.54) is 6.92 Å². The van der Waals surface area contributed by atoms with Gasteiger partial charge in [-0.1, -0.05) is 35.5 Å². The van der Waals surface area contributed by atoms with Gasteiger partial charge in [-0.05, 0) is 6.07 Å². The van der Waals surface area contributed by atoms with Gasteiger partial charge in [-0.25, -0.2) is 4.98 Å². The lowest BCUT2D eigenvalue weighted by Gasteiger charge is -2.32. The highest BCUT2D eigenvalue weighted by molar-refractivity contribution is 5.88. The van der Waals surface area contributed by atoms with E-state index < -0.39 is 0 Å². The van der Waals surface area contributed by atoms with Gasteiger partial charge in [0, 0.05) is 57.3 Å². The number of hydrogen-bond donors (Lipinski definition) is 1. The third-order valence-corrected chi connectivity index (χ3v) is 5.19. The molecule has 1 aromatic carbocycles. The number of pyridine rings is 1. The lowest BCUT2D eigenvalue weighted by molar-refractivity contribution is -0.133. The highest BCUT2D eigenvalue weighted by atomic mass is 16.5. The molecule has 0 unspecified atom stereocenters. The third-order valence-electron chi connectivity index (χ3n) is 5.19. The van der Waals surface area contributed by atoms with Crippen molar-refractivity contribution in [1.82, 2.24) is 20.0 Å². The fourth-order valence-electron chi connectivity index (χ4n) is 3.55. The largest absolute Gasteiger partial charge is 0.474 e. The second-order valence-electron chi connectivity index (χ2n) is 7.64. The standard InChI is InChI=1S/C23H25N5O4/c1-16(29)25-18-7-8-20(24-15-18)31-19-11-13-28(14-12-19)22(30)10-9-21-26-23(27-32-21)17-5-3-2-4-6-17/h2-8,15,19H,9-14H2,1H3,(H,25,29). The van der Waals surface area contributed by atoms with Gasteiger partial charge in [-0.15, -0.1) is 0 Å². The van der Waals surface area contributed by atoms with Crippen molar-refractivity contribution >= 4 is 17.5 Å². The highest BCUT2D eigenvalue weighted by Gasteiger charge is 2.24. The van der Waals surface area contributed by atoms with E-state index in [1.54, 1.807) is 18.3 Å². The molecule has 9 heteroatoms. The molecule has 0 saturated carbocycles. The number of ether oxygens (including phenoxy) is 1. The van der Waals surface area contributed by atoms with Crippen molar-refractivity contribution in [2.24, 2.45) is 0 Å². The molecule has 3 aromatic rings.